The number of rotatable bonds is 7. The van der Waals surface area contributed by atoms with Gasteiger partial charge in [0.25, 0.3) is 0 Å². The molecule has 1 atom stereocenters. The highest BCUT2D eigenvalue weighted by Gasteiger charge is 2.25. The first-order valence-corrected chi connectivity index (χ1v) is 11.6. The lowest BCUT2D eigenvalue weighted by Crippen LogP contribution is -2.48. The van der Waals surface area contributed by atoms with Gasteiger partial charge in [-0.25, -0.2) is 13.1 Å². The van der Waals surface area contributed by atoms with Crippen LogP contribution in [0.5, 0.6) is 0 Å². The Morgan fingerprint density at radius 1 is 1.15 bits per heavy atom. The number of likely N-dealkylation sites (N-methyl/N-ethyl adjacent to an activating group) is 1. The van der Waals surface area contributed by atoms with Crippen molar-refractivity contribution in [1.82, 2.24) is 14.5 Å². The van der Waals surface area contributed by atoms with Crippen LogP contribution in [0.25, 0.3) is 0 Å². The Morgan fingerprint density at radius 3 is 2.46 bits per heavy atom. The van der Waals surface area contributed by atoms with E-state index in [1.165, 1.54) is 5.56 Å². The zero-order chi connectivity index (χ0) is 18.6. The van der Waals surface area contributed by atoms with Crippen LogP contribution >= 0.6 is 22.9 Å². The van der Waals surface area contributed by atoms with E-state index in [1.54, 1.807) is 35.6 Å². The molecule has 1 N–H and O–H groups in total. The maximum Gasteiger partial charge on any atom is 0.215 e. The fraction of sp³-hybridized carbons (Fsp3) is 0.444. The third-order valence-electron chi connectivity index (χ3n) is 4.67. The van der Waals surface area contributed by atoms with Gasteiger partial charge in [-0.2, -0.15) is 11.3 Å². The molecule has 0 amide bonds. The van der Waals surface area contributed by atoms with Crippen molar-refractivity contribution in [2.45, 2.75) is 11.8 Å². The van der Waals surface area contributed by atoms with Gasteiger partial charge in [-0.05, 0) is 47.1 Å². The number of sulfonamides is 1. The third-order valence-corrected chi connectivity index (χ3v) is 6.95. The molecular weight excluding hydrogens is 390 g/mol. The van der Waals surface area contributed by atoms with Gasteiger partial charge in [0.05, 0.1) is 5.75 Å². The van der Waals surface area contributed by atoms with Crippen molar-refractivity contribution in [2.75, 3.05) is 39.8 Å². The lowest BCUT2D eigenvalue weighted by molar-refractivity contribution is 0.113. The maximum atomic E-state index is 12.5. The molecule has 0 saturated carbocycles. The fourth-order valence-electron chi connectivity index (χ4n) is 3.11. The summed E-state index contributed by atoms with van der Waals surface area (Å²) in [6.45, 7) is 4.26. The number of hydrogen-bond acceptors (Lipinski definition) is 5. The van der Waals surface area contributed by atoms with E-state index in [1.807, 2.05) is 5.38 Å². The molecule has 0 aliphatic carbocycles. The average Bonchev–Trinajstić information content (AvgIpc) is 3.13. The first kappa shape index (κ1) is 19.8. The summed E-state index contributed by atoms with van der Waals surface area (Å²) >= 11 is 7.51. The molecule has 1 saturated heterocycles. The van der Waals surface area contributed by atoms with E-state index < -0.39 is 10.0 Å². The predicted molar refractivity (Wildman–Crippen MR) is 108 cm³/mol. The van der Waals surface area contributed by atoms with Crippen molar-refractivity contribution in [1.29, 1.82) is 0 Å². The highest BCUT2D eigenvalue weighted by Crippen LogP contribution is 2.24. The summed E-state index contributed by atoms with van der Waals surface area (Å²) in [7, 11) is -1.29. The number of thiophene rings is 1. The molecule has 26 heavy (non-hydrogen) atoms. The van der Waals surface area contributed by atoms with Crippen LogP contribution in [-0.2, 0) is 15.8 Å². The van der Waals surface area contributed by atoms with E-state index in [0.717, 1.165) is 31.7 Å². The monoisotopic (exact) mass is 413 g/mol. The van der Waals surface area contributed by atoms with Crippen LogP contribution in [0.4, 0.5) is 0 Å². The summed E-state index contributed by atoms with van der Waals surface area (Å²) < 4.78 is 27.9. The fourth-order valence-corrected chi connectivity index (χ4v) is 5.09. The Kier molecular flexibility index (Phi) is 6.71. The second-order valence-electron chi connectivity index (χ2n) is 6.65. The number of halogens is 1. The minimum Gasteiger partial charge on any atom is -0.304 e. The van der Waals surface area contributed by atoms with Crippen molar-refractivity contribution < 1.29 is 8.42 Å². The number of hydrogen-bond donors (Lipinski definition) is 1. The summed E-state index contributed by atoms with van der Waals surface area (Å²) in [6.07, 6.45) is 0. The molecule has 1 fully saturated rings. The second-order valence-corrected chi connectivity index (χ2v) is 9.67. The van der Waals surface area contributed by atoms with Gasteiger partial charge in [0.1, 0.15) is 0 Å². The van der Waals surface area contributed by atoms with Crippen molar-refractivity contribution >= 4 is 33.0 Å². The highest BCUT2D eigenvalue weighted by molar-refractivity contribution is 7.88. The average molecular weight is 414 g/mol. The summed E-state index contributed by atoms with van der Waals surface area (Å²) in [6, 6.07) is 9.07. The maximum absolute atomic E-state index is 12.5. The lowest BCUT2D eigenvalue weighted by atomic mass is 10.1. The largest absolute Gasteiger partial charge is 0.304 e. The molecule has 0 radical (unpaired) electrons. The summed E-state index contributed by atoms with van der Waals surface area (Å²) in [5.74, 6) is -0.0384. The van der Waals surface area contributed by atoms with Crippen molar-refractivity contribution in [3.05, 3.63) is 57.2 Å². The molecule has 2 aromatic rings. The molecule has 3 rings (SSSR count). The molecule has 0 unspecified atom stereocenters. The lowest BCUT2D eigenvalue weighted by Gasteiger charge is -2.37. The van der Waals surface area contributed by atoms with Gasteiger partial charge in [-0.3, -0.25) is 4.90 Å². The molecule has 2 heterocycles. The minimum atomic E-state index is -3.41. The van der Waals surface area contributed by atoms with Gasteiger partial charge in [0.2, 0.25) is 10.0 Å². The van der Waals surface area contributed by atoms with Gasteiger partial charge in [-0.1, -0.05) is 23.7 Å². The molecule has 8 heteroatoms. The predicted octanol–water partition coefficient (Wildman–Crippen LogP) is 2.81. The van der Waals surface area contributed by atoms with Crippen molar-refractivity contribution in [3.63, 3.8) is 0 Å². The Bertz CT molecular complexity index is 786. The van der Waals surface area contributed by atoms with Crippen molar-refractivity contribution in [2.24, 2.45) is 0 Å². The molecule has 0 spiro atoms. The van der Waals surface area contributed by atoms with Crippen LogP contribution in [0.1, 0.15) is 17.2 Å². The summed E-state index contributed by atoms with van der Waals surface area (Å²) in [4.78, 5) is 4.67. The van der Waals surface area contributed by atoms with Crippen LogP contribution in [0.3, 0.4) is 0 Å². The van der Waals surface area contributed by atoms with Gasteiger partial charge in [0, 0.05) is 43.8 Å². The normalized spacial score (nSPS) is 18.1. The zero-order valence-electron chi connectivity index (χ0n) is 14.8. The Hall–Kier alpha value is -0.960. The van der Waals surface area contributed by atoms with Crippen LogP contribution in [0, 0.1) is 0 Å². The van der Waals surface area contributed by atoms with Gasteiger partial charge < -0.3 is 4.90 Å². The van der Waals surface area contributed by atoms with Gasteiger partial charge in [0.15, 0.2) is 0 Å². The molecule has 142 valence electrons. The van der Waals surface area contributed by atoms with Gasteiger partial charge in [-0.15, -0.1) is 0 Å². The van der Waals surface area contributed by atoms with E-state index in [0.29, 0.717) is 11.6 Å². The Balaban J connectivity index is 1.66. The third kappa shape index (κ3) is 5.52. The van der Waals surface area contributed by atoms with E-state index >= 15 is 0 Å². The molecule has 0 bridgehead atoms. The standard InChI is InChI=1S/C18H24ClN3O2S2/c1-21-7-9-22(10-8-21)18(16-6-11-25-13-16)12-20-26(23,24)14-15-2-4-17(19)5-3-15/h2-6,11,13,18,20H,7-10,12,14H2,1H3/t18-/m0/s1. The van der Waals surface area contributed by atoms with Crippen LogP contribution in [0.2, 0.25) is 5.02 Å². The Labute approximate surface area is 164 Å². The van der Waals surface area contributed by atoms with E-state index in [-0.39, 0.29) is 11.8 Å². The molecule has 1 aromatic heterocycles. The molecule has 1 aliphatic rings. The topological polar surface area (TPSA) is 52.6 Å². The molecule has 1 aliphatic heterocycles. The smallest absolute Gasteiger partial charge is 0.215 e. The van der Waals surface area contributed by atoms with E-state index in [9.17, 15) is 8.42 Å². The van der Waals surface area contributed by atoms with Gasteiger partial charge >= 0.3 is 0 Å². The van der Waals surface area contributed by atoms with E-state index in [4.69, 9.17) is 11.6 Å². The van der Waals surface area contributed by atoms with Crippen molar-refractivity contribution in [3.8, 4) is 0 Å². The van der Waals surface area contributed by atoms with Crippen LogP contribution in [0.15, 0.2) is 41.1 Å². The number of benzene rings is 1. The highest BCUT2D eigenvalue weighted by atomic mass is 35.5. The SMILES string of the molecule is CN1CCN([C@@H](CNS(=O)(=O)Cc2ccc(Cl)cc2)c2ccsc2)CC1. The quantitative estimate of drug-likeness (QED) is 0.758. The van der Waals surface area contributed by atoms with Crippen LogP contribution in [-0.4, -0.2) is 58.0 Å². The Morgan fingerprint density at radius 2 is 1.85 bits per heavy atom. The molecule has 5 nitrogen and oxygen atoms in total. The minimum absolute atomic E-state index is 0.0384. The zero-order valence-corrected chi connectivity index (χ0v) is 17.2. The molecular formula is C18H24ClN3O2S2. The second kappa shape index (κ2) is 8.82. The number of nitrogens with zero attached hydrogens (tertiary/aromatic N) is 2. The summed E-state index contributed by atoms with van der Waals surface area (Å²) in [5.41, 5.74) is 1.90. The number of piperazine rings is 1. The first-order chi connectivity index (χ1) is 12.4. The summed E-state index contributed by atoms with van der Waals surface area (Å²) in [5, 5.41) is 4.75. The van der Waals surface area contributed by atoms with Crippen LogP contribution < -0.4 is 4.72 Å². The first-order valence-electron chi connectivity index (χ1n) is 8.59. The molecule has 1 aromatic carbocycles. The van der Waals surface area contributed by atoms with E-state index in [2.05, 4.69) is 33.0 Å². The number of nitrogens with one attached hydrogen (secondary N) is 1.